The van der Waals surface area contributed by atoms with Crippen LogP contribution >= 0.6 is 0 Å². The number of rotatable bonds is 6. The molecule has 1 saturated carbocycles. The summed E-state index contributed by atoms with van der Waals surface area (Å²) >= 11 is 0. The average Bonchev–Trinajstić information content (AvgIpc) is 2.61. The van der Waals surface area contributed by atoms with Crippen LogP contribution in [0.4, 0.5) is 0 Å². The first kappa shape index (κ1) is 13.2. The summed E-state index contributed by atoms with van der Waals surface area (Å²) in [7, 11) is -0.616. The molecule has 1 aliphatic carbocycles. The van der Waals surface area contributed by atoms with Gasteiger partial charge in [-0.3, -0.25) is 4.21 Å². The Morgan fingerprint density at radius 2 is 2.20 bits per heavy atom. The fraction of sp³-hybridized carbons (Fsp3) is 1.00. The molecule has 1 rings (SSSR count). The van der Waals surface area contributed by atoms with Crippen LogP contribution in [0.25, 0.3) is 0 Å². The lowest BCUT2D eigenvalue weighted by molar-refractivity contribution is 0.467. The van der Waals surface area contributed by atoms with E-state index in [1.54, 1.807) is 0 Å². The van der Waals surface area contributed by atoms with Crippen LogP contribution in [0, 0.1) is 11.8 Å². The summed E-state index contributed by atoms with van der Waals surface area (Å²) in [5.41, 5.74) is 5.99. The van der Waals surface area contributed by atoms with Crippen LogP contribution in [0.5, 0.6) is 0 Å². The van der Waals surface area contributed by atoms with Crippen molar-refractivity contribution < 1.29 is 4.21 Å². The monoisotopic (exact) mass is 231 g/mol. The smallest absolute Gasteiger partial charge is 0.0260 e. The Balaban J connectivity index is 2.16. The lowest BCUT2D eigenvalue weighted by Crippen LogP contribution is -2.26. The second-order valence-corrected chi connectivity index (χ2v) is 6.59. The molecule has 0 radical (unpaired) electrons. The Kier molecular flexibility index (Phi) is 5.83. The molecule has 0 heterocycles. The number of nitrogens with two attached hydrogens (primary N) is 1. The van der Waals surface area contributed by atoms with Crippen LogP contribution in [0.1, 0.15) is 46.0 Å². The lowest BCUT2D eigenvalue weighted by atomic mass is 10.0. The normalized spacial score (nSPS) is 30.3. The molecule has 0 saturated heterocycles. The maximum absolute atomic E-state index is 11.7. The fourth-order valence-corrected chi connectivity index (χ4v) is 3.83. The predicted octanol–water partition coefficient (Wildman–Crippen LogP) is 2.30. The van der Waals surface area contributed by atoms with Crippen LogP contribution in [0.2, 0.25) is 0 Å². The van der Waals surface area contributed by atoms with Crippen molar-refractivity contribution in [3.05, 3.63) is 0 Å². The van der Waals surface area contributed by atoms with Gasteiger partial charge in [-0.05, 0) is 31.1 Å². The minimum atomic E-state index is -0.616. The van der Waals surface area contributed by atoms with E-state index in [0.29, 0.717) is 17.9 Å². The van der Waals surface area contributed by atoms with Gasteiger partial charge in [0.25, 0.3) is 0 Å². The molecule has 4 atom stereocenters. The van der Waals surface area contributed by atoms with Gasteiger partial charge in [0.15, 0.2) is 0 Å². The Labute approximate surface area is 96.5 Å². The topological polar surface area (TPSA) is 43.1 Å². The summed E-state index contributed by atoms with van der Waals surface area (Å²) in [6.45, 7) is 4.34. The second kappa shape index (κ2) is 6.64. The third-order valence-electron chi connectivity index (χ3n) is 3.60. The summed E-state index contributed by atoms with van der Waals surface area (Å²) < 4.78 is 11.7. The molecule has 90 valence electrons. The van der Waals surface area contributed by atoms with E-state index in [1.165, 1.54) is 19.3 Å². The number of hydrogen-bond acceptors (Lipinski definition) is 2. The maximum atomic E-state index is 11.7. The van der Waals surface area contributed by atoms with Crippen molar-refractivity contribution in [3.8, 4) is 0 Å². The standard InChI is InChI=1S/C12H25NOS/c1-3-10(2)9-15(14)8-7-11-5-4-6-12(11)13/h10-12H,3-9,13H2,1-2H3. The molecule has 2 nitrogen and oxygen atoms in total. The first-order chi connectivity index (χ1) is 7.13. The lowest BCUT2D eigenvalue weighted by Gasteiger charge is -2.15. The van der Waals surface area contributed by atoms with Crippen molar-refractivity contribution in [2.75, 3.05) is 11.5 Å². The highest BCUT2D eigenvalue weighted by Crippen LogP contribution is 2.26. The molecule has 0 aliphatic heterocycles. The highest BCUT2D eigenvalue weighted by atomic mass is 32.2. The maximum Gasteiger partial charge on any atom is 0.0260 e. The molecule has 0 aromatic carbocycles. The molecule has 0 aromatic heterocycles. The second-order valence-electron chi connectivity index (χ2n) is 4.97. The molecular formula is C12H25NOS. The van der Waals surface area contributed by atoms with Crippen molar-refractivity contribution in [1.82, 2.24) is 0 Å². The zero-order valence-electron chi connectivity index (χ0n) is 10.1. The van der Waals surface area contributed by atoms with Gasteiger partial charge in [0.05, 0.1) is 0 Å². The SMILES string of the molecule is CCC(C)CS(=O)CCC1CCCC1N. The van der Waals surface area contributed by atoms with Crippen molar-refractivity contribution in [1.29, 1.82) is 0 Å². The summed E-state index contributed by atoms with van der Waals surface area (Å²) in [6, 6.07) is 0.380. The van der Waals surface area contributed by atoms with Gasteiger partial charge < -0.3 is 5.73 Å². The Morgan fingerprint density at radius 1 is 1.47 bits per heavy atom. The van der Waals surface area contributed by atoms with Crippen LogP contribution in [-0.2, 0) is 10.8 Å². The van der Waals surface area contributed by atoms with Crippen molar-refractivity contribution in [2.24, 2.45) is 17.6 Å². The predicted molar refractivity (Wildman–Crippen MR) is 67.3 cm³/mol. The van der Waals surface area contributed by atoms with E-state index in [9.17, 15) is 4.21 Å². The van der Waals surface area contributed by atoms with E-state index >= 15 is 0 Å². The van der Waals surface area contributed by atoms with E-state index in [2.05, 4.69) is 13.8 Å². The molecule has 15 heavy (non-hydrogen) atoms. The third-order valence-corrected chi connectivity index (χ3v) is 5.23. The van der Waals surface area contributed by atoms with Crippen molar-refractivity contribution >= 4 is 10.8 Å². The van der Waals surface area contributed by atoms with E-state index in [0.717, 1.165) is 24.3 Å². The summed E-state index contributed by atoms with van der Waals surface area (Å²) in [4.78, 5) is 0. The molecule has 0 spiro atoms. The van der Waals surface area contributed by atoms with Gasteiger partial charge in [-0.1, -0.05) is 26.7 Å². The quantitative estimate of drug-likeness (QED) is 0.762. The van der Waals surface area contributed by atoms with E-state index in [4.69, 9.17) is 5.73 Å². The molecule has 1 aliphatic rings. The summed E-state index contributed by atoms with van der Waals surface area (Å²) in [5, 5.41) is 0. The molecule has 4 unspecified atom stereocenters. The van der Waals surface area contributed by atoms with Gasteiger partial charge in [-0.25, -0.2) is 0 Å². The molecule has 0 aromatic rings. The molecular weight excluding hydrogens is 206 g/mol. The first-order valence-electron chi connectivity index (χ1n) is 6.24. The van der Waals surface area contributed by atoms with Gasteiger partial charge in [0.1, 0.15) is 0 Å². The highest BCUT2D eigenvalue weighted by Gasteiger charge is 2.23. The Morgan fingerprint density at radius 3 is 2.73 bits per heavy atom. The molecule has 0 amide bonds. The average molecular weight is 231 g/mol. The van der Waals surface area contributed by atoms with Crippen LogP contribution in [-0.4, -0.2) is 21.8 Å². The van der Waals surface area contributed by atoms with Crippen molar-refractivity contribution in [3.63, 3.8) is 0 Å². The minimum Gasteiger partial charge on any atom is -0.327 e. The molecule has 1 fully saturated rings. The van der Waals surface area contributed by atoms with Crippen LogP contribution in [0.15, 0.2) is 0 Å². The van der Waals surface area contributed by atoms with E-state index in [1.807, 2.05) is 0 Å². The molecule has 2 N–H and O–H groups in total. The van der Waals surface area contributed by atoms with Gasteiger partial charge in [-0.15, -0.1) is 0 Å². The first-order valence-corrected chi connectivity index (χ1v) is 7.72. The van der Waals surface area contributed by atoms with Crippen molar-refractivity contribution in [2.45, 2.75) is 52.0 Å². The largest absolute Gasteiger partial charge is 0.327 e. The van der Waals surface area contributed by atoms with Gasteiger partial charge >= 0.3 is 0 Å². The highest BCUT2D eigenvalue weighted by molar-refractivity contribution is 7.84. The third kappa shape index (κ3) is 4.64. The fourth-order valence-electron chi connectivity index (χ4n) is 2.23. The molecule has 0 bridgehead atoms. The minimum absolute atomic E-state index is 0.380. The van der Waals surface area contributed by atoms with Gasteiger partial charge in [-0.2, -0.15) is 0 Å². The molecule has 3 heteroatoms. The van der Waals surface area contributed by atoms with Gasteiger partial charge in [0.2, 0.25) is 0 Å². The Bertz CT molecular complexity index is 208. The van der Waals surface area contributed by atoms with Crippen LogP contribution in [0.3, 0.4) is 0 Å². The zero-order valence-corrected chi connectivity index (χ0v) is 10.9. The number of hydrogen-bond donors (Lipinski definition) is 1. The summed E-state index contributed by atoms with van der Waals surface area (Å²) in [6.07, 6.45) is 5.90. The zero-order chi connectivity index (χ0) is 11.3. The summed E-state index contributed by atoms with van der Waals surface area (Å²) in [5.74, 6) is 2.98. The Hall–Kier alpha value is 0.110. The van der Waals surface area contributed by atoms with E-state index < -0.39 is 10.8 Å². The van der Waals surface area contributed by atoms with Gasteiger partial charge in [0, 0.05) is 28.3 Å². The van der Waals surface area contributed by atoms with Crippen LogP contribution < -0.4 is 5.73 Å². The van der Waals surface area contributed by atoms with E-state index in [-0.39, 0.29) is 0 Å².